The number of ether oxygens (including phenoxy) is 1. The molecule has 0 radical (unpaired) electrons. The van der Waals surface area contributed by atoms with Crippen molar-refractivity contribution in [3.8, 4) is 17.0 Å². The number of rotatable bonds is 6. The summed E-state index contributed by atoms with van der Waals surface area (Å²) in [6.45, 7) is 1.93. The molecular weight excluding hydrogens is 424 g/mol. The lowest BCUT2D eigenvalue weighted by Crippen LogP contribution is -2.17. The molecule has 6 nitrogen and oxygen atoms in total. The highest BCUT2D eigenvalue weighted by molar-refractivity contribution is 6.25. The molecule has 2 heterocycles. The number of nitrogens with one attached hydrogen (secondary N) is 1. The first-order chi connectivity index (χ1) is 15.5. The van der Waals surface area contributed by atoms with E-state index in [0.29, 0.717) is 29.5 Å². The van der Waals surface area contributed by atoms with Gasteiger partial charge in [0.2, 0.25) is 5.95 Å². The molecule has 2 aromatic heterocycles. The van der Waals surface area contributed by atoms with Crippen LogP contribution in [0.4, 0.5) is 5.95 Å². The van der Waals surface area contributed by atoms with E-state index >= 15 is 0 Å². The summed E-state index contributed by atoms with van der Waals surface area (Å²) in [5.74, 6) is 0.290. The number of hydrogen-bond donors (Lipinski definition) is 1. The minimum atomic E-state index is -0.518. The minimum Gasteiger partial charge on any atom is -0.423 e. The standard InChI is InChI=1S/C25H21ClN4O2/c1-25(26)12-9-18(10-13-25)22(16-23(31)32-20-7-3-2-4-8-20)30-24-28-15-11-21(29-24)19-6-5-14-27-17-19/h2-12,14-17H,13H2,1H3,(H,28,29,30)/b22-16+/t25-/m0/s1. The summed E-state index contributed by atoms with van der Waals surface area (Å²) in [6.07, 6.45) is 12.8. The molecule has 4 rings (SSSR count). The Kier molecular flexibility index (Phi) is 6.42. The van der Waals surface area contributed by atoms with Crippen molar-refractivity contribution in [2.24, 2.45) is 0 Å². The molecule has 1 N–H and O–H groups in total. The van der Waals surface area contributed by atoms with Crippen LogP contribution < -0.4 is 10.1 Å². The van der Waals surface area contributed by atoms with Crippen LogP contribution in [0.3, 0.4) is 0 Å². The number of carbonyl (C=O) groups excluding carboxylic acids is 1. The number of halogens is 1. The normalized spacial score (nSPS) is 18.1. The monoisotopic (exact) mass is 444 g/mol. The van der Waals surface area contributed by atoms with Gasteiger partial charge in [0.15, 0.2) is 0 Å². The van der Waals surface area contributed by atoms with Crippen LogP contribution in [0, 0.1) is 0 Å². The van der Waals surface area contributed by atoms with E-state index in [9.17, 15) is 4.79 Å². The molecular formula is C25H21ClN4O2. The number of anilines is 1. The second-order valence-corrected chi connectivity index (χ2v) is 8.26. The number of para-hydroxylation sites is 1. The zero-order chi connectivity index (χ0) is 22.4. The van der Waals surface area contributed by atoms with Crippen molar-refractivity contribution in [3.05, 3.63) is 103 Å². The van der Waals surface area contributed by atoms with Crippen LogP contribution in [0.5, 0.6) is 5.75 Å². The summed E-state index contributed by atoms with van der Waals surface area (Å²) in [5, 5.41) is 3.16. The number of alkyl halides is 1. The summed E-state index contributed by atoms with van der Waals surface area (Å²) in [4.78, 5) is 25.1. The second kappa shape index (κ2) is 9.58. The van der Waals surface area contributed by atoms with Crippen LogP contribution in [-0.2, 0) is 4.79 Å². The topological polar surface area (TPSA) is 77.0 Å². The van der Waals surface area contributed by atoms with E-state index in [4.69, 9.17) is 16.3 Å². The van der Waals surface area contributed by atoms with Gasteiger partial charge in [-0.05, 0) is 49.2 Å². The number of pyridine rings is 1. The molecule has 160 valence electrons. The highest BCUT2D eigenvalue weighted by Gasteiger charge is 2.21. The Labute approximate surface area is 191 Å². The molecule has 1 aliphatic rings. The fraction of sp³-hybridized carbons (Fsp3) is 0.120. The molecule has 7 heteroatoms. The first-order valence-electron chi connectivity index (χ1n) is 10.1. The third-order valence-corrected chi connectivity index (χ3v) is 5.01. The fourth-order valence-electron chi connectivity index (χ4n) is 3.07. The molecule has 0 bridgehead atoms. The van der Waals surface area contributed by atoms with Gasteiger partial charge < -0.3 is 10.1 Å². The number of esters is 1. The lowest BCUT2D eigenvalue weighted by atomic mass is 9.96. The zero-order valence-corrected chi connectivity index (χ0v) is 18.2. The van der Waals surface area contributed by atoms with E-state index in [1.165, 1.54) is 6.08 Å². The highest BCUT2D eigenvalue weighted by Crippen LogP contribution is 2.30. The maximum atomic E-state index is 12.6. The molecule has 0 amide bonds. The Bertz CT molecular complexity index is 1190. The predicted molar refractivity (Wildman–Crippen MR) is 125 cm³/mol. The lowest BCUT2D eigenvalue weighted by molar-refractivity contribution is -0.129. The predicted octanol–water partition coefficient (Wildman–Crippen LogP) is 5.32. The Hall–Kier alpha value is -3.77. The average molecular weight is 445 g/mol. The van der Waals surface area contributed by atoms with Crippen molar-refractivity contribution in [1.29, 1.82) is 0 Å². The van der Waals surface area contributed by atoms with E-state index in [1.807, 2.05) is 43.4 Å². The maximum Gasteiger partial charge on any atom is 0.338 e. The van der Waals surface area contributed by atoms with Crippen molar-refractivity contribution >= 4 is 23.5 Å². The van der Waals surface area contributed by atoms with Crippen LogP contribution in [0.2, 0.25) is 0 Å². The van der Waals surface area contributed by atoms with Crippen LogP contribution in [-0.4, -0.2) is 25.8 Å². The maximum absolute atomic E-state index is 12.6. The van der Waals surface area contributed by atoms with Gasteiger partial charge in [-0.2, -0.15) is 0 Å². The molecule has 32 heavy (non-hydrogen) atoms. The van der Waals surface area contributed by atoms with Crippen molar-refractivity contribution in [2.45, 2.75) is 18.2 Å². The first-order valence-corrected chi connectivity index (χ1v) is 10.4. The summed E-state index contributed by atoms with van der Waals surface area (Å²) < 4.78 is 5.43. The Morgan fingerprint density at radius 3 is 2.72 bits per heavy atom. The van der Waals surface area contributed by atoms with E-state index in [0.717, 1.165) is 11.1 Å². The van der Waals surface area contributed by atoms with Crippen molar-refractivity contribution < 1.29 is 9.53 Å². The van der Waals surface area contributed by atoms with Crippen LogP contribution >= 0.6 is 11.6 Å². The van der Waals surface area contributed by atoms with E-state index in [1.54, 1.807) is 48.9 Å². The Morgan fingerprint density at radius 2 is 2.00 bits per heavy atom. The van der Waals surface area contributed by atoms with Gasteiger partial charge >= 0.3 is 5.97 Å². The molecule has 1 atom stereocenters. The first kappa shape index (κ1) is 21.5. The lowest BCUT2D eigenvalue weighted by Gasteiger charge is -2.21. The van der Waals surface area contributed by atoms with Gasteiger partial charge in [0, 0.05) is 30.2 Å². The second-order valence-electron chi connectivity index (χ2n) is 7.40. The van der Waals surface area contributed by atoms with Crippen LogP contribution in [0.1, 0.15) is 13.3 Å². The summed E-state index contributed by atoms with van der Waals surface area (Å²) in [6, 6.07) is 14.5. The van der Waals surface area contributed by atoms with Crippen LogP contribution in [0.15, 0.2) is 103 Å². The molecule has 0 spiro atoms. The molecule has 1 aromatic carbocycles. The molecule has 0 saturated carbocycles. The molecule has 0 unspecified atom stereocenters. The van der Waals surface area contributed by atoms with Crippen molar-refractivity contribution in [1.82, 2.24) is 15.0 Å². The van der Waals surface area contributed by atoms with E-state index < -0.39 is 10.8 Å². The van der Waals surface area contributed by atoms with Crippen LogP contribution in [0.25, 0.3) is 11.3 Å². The third kappa shape index (κ3) is 5.68. The average Bonchev–Trinajstić information content (AvgIpc) is 2.80. The smallest absolute Gasteiger partial charge is 0.338 e. The van der Waals surface area contributed by atoms with Gasteiger partial charge in [0.05, 0.1) is 16.3 Å². The molecule has 0 saturated heterocycles. The zero-order valence-electron chi connectivity index (χ0n) is 17.4. The molecule has 1 aliphatic carbocycles. The van der Waals surface area contributed by atoms with Gasteiger partial charge in [-0.3, -0.25) is 4.98 Å². The Morgan fingerprint density at radius 1 is 1.16 bits per heavy atom. The van der Waals surface area contributed by atoms with Gasteiger partial charge in [-0.25, -0.2) is 14.8 Å². The summed E-state index contributed by atoms with van der Waals surface area (Å²) in [7, 11) is 0. The molecule has 0 fully saturated rings. The number of carbonyl (C=O) groups is 1. The summed E-state index contributed by atoms with van der Waals surface area (Å²) >= 11 is 6.41. The highest BCUT2D eigenvalue weighted by atomic mass is 35.5. The number of nitrogens with zero attached hydrogens (tertiary/aromatic N) is 3. The van der Waals surface area contributed by atoms with Crippen molar-refractivity contribution in [3.63, 3.8) is 0 Å². The largest absolute Gasteiger partial charge is 0.423 e. The van der Waals surface area contributed by atoms with E-state index in [-0.39, 0.29) is 0 Å². The SMILES string of the molecule is C[C@]1(Cl)C=CC(/C(=C\C(=O)Oc2ccccc2)Nc2nccc(-c3cccnc3)n2)=CC1. The molecule has 3 aromatic rings. The quantitative estimate of drug-likeness (QED) is 0.240. The van der Waals surface area contributed by atoms with Crippen molar-refractivity contribution in [2.75, 3.05) is 5.32 Å². The Balaban J connectivity index is 1.62. The minimum absolute atomic E-state index is 0.346. The van der Waals surface area contributed by atoms with E-state index in [2.05, 4.69) is 20.3 Å². The van der Waals surface area contributed by atoms with Gasteiger partial charge in [-0.15, -0.1) is 11.6 Å². The number of aromatic nitrogens is 3. The van der Waals surface area contributed by atoms with Gasteiger partial charge in [0.1, 0.15) is 5.75 Å². The van der Waals surface area contributed by atoms with Gasteiger partial charge in [-0.1, -0.05) is 36.4 Å². The summed E-state index contributed by atoms with van der Waals surface area (Å²) in [5.41, 5.74) is 2.88. The number of allylic oxidation sites excluding steroid dienone is 3. The third-order valence-electron chi connectivity index (χ3n) is 4.73. The molecule has 0 aliphatic heterocycles. The number of hydrogen-bond acceptors (Lipinski definition) is 6. The number of benzene rings is 1. The van der Waals surface area contributed by atoms with Gasteiger partial charge in [0.25, 0.3) is 0 Å². The fourth-order valence-corrected chi connectivity index (χ4v) is 3.21.